The summed E-state index contributed by atoms with van der Waals surface area (Å²) in [6.07, 6.45) is 1.62. The number of hydrogen-bond acceptors (Lipinski definition) is 4. The van der Waals surface area contributed by atoms with E-state index in [2.05, 4.69) is 9.97 Å². The fourth-order valence-electron chi connectivity index (χ4n) is 1.71. The van der Waals surface area contributed by atoms with Crippen LogP contribution in [-0.4, -0.2) is 26.8 Å². The second-order valence-corrected chi connectivity index (χ2v) is 4.65. The number of hydrogen-bond donors (Lipinski definition) is 1. The van der Waals surface area contributed by atoms with E-state index >= 15 is 0 Å². The smallest absolute Gasteiger partial charge is 0.355 e. The molecule has 0 spiro atoms. The Kier molecular flexibility index (Phi) is 4.10. The SMILES string of the molecule is CC(=O)c1cnc(Cc2ccc(Cl)cc2)nc1C(=O)O. The first kappa shape index (κ1) is 14.1. The highest BCUT2D eigenvalue weighted by molar-refractivity contribution is 6.30. The zero-order valence-corrected chi connectivity index (χ0v) is 11.4. The molecule has 0 radical (unpaired) electrons. The van der Waals surface area contributed by atoms with E-state index in [1.54, 1.807) is 12.1 Å². The molecule has 0 aliphatic heterocycles. The van der Waals surface area contributed by atoms with Crippen LogP contribution in [-0.2, 0) is 6.42 Å². The zero-order valence-electron chi connectivity index (χ0n) is 10.6. The Morgan fingerprint density at radius 2 is 1.90 bits per heavy atom. The highest BCUT2D eigenvalue weighted by Crippen LogP contribution is 2.13. The van der Waals surface area contributed by atoms with Gasteiger partial charge in [-0.25, -0.2) is 14.8 Å². The van der Waals surface area contributed by atoms with Crippen LogP contribution in [0.1, 0.15) is 39.2 Å². The van der Waals surface area contributed by atoms with Gasteiger partial charge in [-0.15, -0.1) is 0 Å². The van der Waals surface area contributed by atoms with Crippen molar-refractivity contribution < 1.29 is 14.7 Å². The van der Waals surface area contributed by atoms with Crippen molar-refractivity contribution in [3.8, 4) is 0 Å². The van der Waals surface area contributed by atoms with Crippen LogP contribution in [0.25, 0.3) is 0 Å². The van der Waals surface area contributed by atoms with Crippen LogP contribution in [0.5, 0.6) is 0 Å². The maximum Gasteiger partial charge on any atom is 0.355 e. The van der Waals surface area contributed by atoms with Gasteiger partial charge in [-0.3, -0.25) is 4.79 Å². The molecule has 0 atom stereocenters. The van der Waals surface area contributed by atoms with E-state index in [0.29, 0.717) is 17.3 Å². The lowest BCUT2D eigenvalue weighted by atomic mass is 10.1. The fraction of sp³-hybridized carbons (Fsp3) is 0.143. The largest absolute Gasteiger partial charge is 0.476 e. The van der Waals surface area contributed by atoms with Crippen molar-refractivity contribution in [1.29, 1.82) is 0 Å². The molecule has 0 bridgehead atoms. The van der Waals surface area contributed by atoms with Crippen molar-refractivity contribution in [1.82, 2.24) is 9.97 Å². The van der Waals surface area contributed by atoms with Crippen molar-refractivity contribution in [3.63, 3.8) is 0 Å². The number of benzene rings is 1. The number of halogens is 1. The molecule has 5 nitrogen and oxygen atoms in total. The number of nitrogens with zero attached hydrogens (tertiary/aromatic N) is 2. The zero-order chi connectivity index (χ0) is 14.7. The van der Waals surface area contributed by atoms with E-state index in [0.717, 1.165) is 5.56 Å². The van der Waals surface area contributed by atoms with Gasteiger partial charge < -0.3 is 5.11 Å². The first-order chi connectivity index (χ1) is 9.47. The molecule has 1 aromatic heterocycles. The lowest BCUT2D eigenvalue weighted by molar-refractivity contribution is 0.0685. The van der Waals surface area contributed by atoms with Crippen molar-refractivity contribution >= 4 is 23.4 Å². The van der Waals surface area contributed by atoms with Crippen molar-refractivity contribution in [3.05, 3.63) is 58.1 Å². The molecular formula is C14H11ClN2O3. The van der Waals surface area contributed by atoms with Gasteiger partial charge in [-0.1, -0.05) is 23.7 Å². The molecule has 0 unspecified atom stereocenters. The van der Waals surface area contributed by atoms with Gasteiger partial charge in [0.25, 0.3) is 0 Å². The summed E-state index contributed by atoms with van der Waals surface area (Å²) >= 11 is 5.79. The summed E-state index contributed by atoms with van der Waals surface area (Å²) in [6.45, 7) is 1.28. The van der Waals surface area contributed by atoms with Gasteiger partial charge in [-0.2, -0.15) is 0 Å². The van der Waals surface area contributed by atoms with Gasteiger partial charge in [0.2, 0.25) is 0 Å². The maximum absolute atomic E-state index is 11.3. The van der Waals surface area contributed by atoms with Gasteiger partial charge in [-0.05, 0) is 24.6 Å². The molecular weight excluding hydrogens is 280 g/mol. The molecule has 0 amide bonds. The summed E-state index contributed by atoms with van der Waals surface area (Å²) in [5.74, 6) is -1.27. The molecule has 2 aromatic rings. The summed E-state index contributed by atoms with van der Waals surface area (Å²) < 4.78 is 0. The van der Waals surface area contributed by atoms with Crippen LogP contribution >= 0.6 is 11.6 Å². The molecule has 0 aliphatic rings. The summed E-state index contributed by atoms with van der Waals surface area (Å²) in [5, 5.41) is 9.70. The van der Waals surface area contributed by atoms with Gasteiger partial charge in [0.05, 0.1) is 5.56 Å². The minimum absolute atomic E-state index is 0.0114. The van der Waals surface area contributed by atoms with Crippen LogP contribution in [0, 0.1) is 0 Å². The Morgan fingerprint density at radius 1 is 1.25 bits per heavy atom. The number of carbonyl (C=O) groups is 2. The summed E-state index contributed by atoms with van der Waals surface area (Å²) in [5.41, 5.74) is 0.648. The molecule has 1 aromatic carbocycles. The summed E-state index contributed by atoms with van der Waals surface area (Å²) in [7, 11) is 0. The van der Waals surface area contributed by atoms with Crippen LogP contribution in [0.2, 0.25) is 5.02 Å². The molecule has 6 heteroatoms. The fourth-order valence-corrected chi connectivity index (χ4v) is 1.84. The van der Waals surface area contributed by atoms with Gasteiger partial charge in [0, 0.05) is 17.6 Å². The highest BCUT2D eigenvalue weighted by Gasteiger charge is 2.17. The molecule has 1 N–H and O–H groups in total. The number of aromatic nitrogens is 2. The van der Waals surface area contributed by atoms with E-state index in [1.807, 2.05) is 12.1 Å². The normalized spacial score (nSPS) is 10.3. The number of carbonyl (C=O) groups excluding carboxylic acids is 1. The predicted octanol–water partition coefficient (Wildman–Crippen LogP) is 2.62. The molecule has 20 heavy (non-hydrogen) atoms. The van der Waals surface area contributed by atoms with Crippen molar-refractivity contribution in [2.75, 3.05) is 0 Å². The van der Waals surface area contributed by atoms with E-state index < -0.39 is 5.97 Å². The molecule has 0 saturated heterocycles. The summed E-state index contributed by atoms with van der Waals surface area (Å²) in [6, 6.07) is 7.09. The standard InChI is InChI=1S/C14H11ClN2O3/c1-8(18)11-7-16-12(17-13(11)14(19)20)6-9-2-4-10(15)5-3-9/h2-5,7H,6H2,1H3,(H,19,20). The first-order valence-electron chi connectivity index (χ1n) is 5.82. The van der Waals surface area contributed by atoms with Gasteiger partial charge in [0.1, 0.15) is 5.82 Å². The predicted molar refractivity (Wildman–Crippen MR) is 73.3 cm³/mol. The number of Topliss-reactive ketones (excluding diaryl/α,β-unsaturated/α-hetero) is 1. The topological polar surface area (TPSA) is 80.2 Å². The number of ketones is 1. The van der Waals surface area contributed by atoms with Crippen molar-refractivity contribution in [2.24, 2.45) is 0 Å². The molecule has 2 rings (SSSR count). The Labute approximate surface area is 120 Å². The van der Waals surface area contributed by atoms with Crippen LogP contribution in [0.15, 0.2) is 30.5 Å². The average Bonchev–Trinajstić information content (AvgIpc) is 2.41. The van der Waals surface area contributed by atoms with Gasteiger partial charge in [0.15, 0.2) is 11.5 Å². The Morgan fingerprint density at radius 3 is 2.45 bits per heavy atom. The number of carboxylic acids is 1. The first-order valence-corrected chi connectivity index (χ1v) is 6.19. The van der Waals surface area contributed by atoms with Crippen LogP contribution < -0.4 is 0 Å². The van der Waals surface area contributed by atoms with E-state index in [9.17, 15) is 9.59 Å². The van der Waals surface area contributed by atoms with E-state index in [1.165, 1.54) is 13.1 Å². The maximum atomic E-state index is 11.3. The van der Waals surface area contributed by atoms with Gasteiger partial charge >= 0.3 is 5.97 Å². The molecule has 0 saturated carbocycles. The number of carboxylic acid groups (broad SMARTS) is 1. The monoisotopic (exact) mass is 290 g/mol. The lowest BCUT2D eigenvalue weighted by Gasteiger charge is -2.05. The second kappa shape index (κ2) is 5.79. The quantitative estimate of drug-likeness (QED) is 0.876. The summed E-state index contributed by atoms with van der Waals surface area (Å²) in [4.78, 5) is 30.4. The van der Waals surface area contributed by atoms with E-state index in [-0.39, 0.29) is 17.0 Å². The Balaban J connectivity index is 2.34. The van der Waals surface area contributed by atoms with Crippen LogP contribution in [0.3, 0.4) is 0 Å². The lowest BCUT2D eigenvalue weighted by Crippen LogP contribution is -2.12. The molecule has 0 aliphatic carbocycles. The molecule has 1 heterocycles. The Hall–Kier alpha value is -2.27. The Bertz CT molecular complexity index is 669. The molecule has 0 fully saturated rings. The van der Waals surface area contributed by atoms with Crippen molar-refractivity contribution in [2.45, 2.75) is 13.3 Å². The third kappa shape index (κ3) is 3.19. The minimum atomic E-state index is -1.24. The molecule has 102 valence electrons. The highest BCUT2D eigenvalue weighted by atomic mass is 35.5. The second-order valence-electron chi connectivity index (χ2n) is 4.21. The third-order valence-electron chi connectivity index (χ3n) is 2.70. The van der Waals surface area contributed by atoms with E-state index in [4.69, 9.17) is 16.7 Å². The number of rotatable bonds is 4. The third-order valence-corrected chi connectivity index (χ3v) is 2.95. The van der Waals surface area contributed by atoms with Crippen LogP contribution in [0.4, 0.5) is 0 Å². The minimum Gasteiger partial charge on any atom is -0.476 e. The number of aromatic carboxylic acids is 1. The average molecular weight is 291 g/mol.